The maximum absolute atomic E-state index is 5.62. The molecule has 0 aliphatic carbocycles. The number of nitrogens with zero attached hydrogens (tertiary/aromatic N) is 2. The van der Waals surface area contributed by atoms with Crippen molar-refractivity contribution < 1.29 is 0 Å². The van der Waals surface area contributed by atoms with Crippen LogP contribution in [0.5, 0.6) is 0 Å². The van der Waals surface area contributed by atoms with Gasteiger partial charge in [-0.1, -0.05) is 25.1 Å². The molecule has 19 heavy (non-hydrogen) atoms. The highest BCUT2D eigenvalue weighted by atomic mass is 15.1. The van der Waals surface area contributed by atoms with Crippen molar-refractivity contribution in [3.63, 3.8) is 0 Å². The highest BCUT2D eigenvalue weighted by Gasteiger charge is 2.07. The molecule has 0 radical (unpaired) electrons. The van der Waals surface area contributed by atoms with E-state index in [9.17, 15) is 0 Å². The van der Waals surface area contributed by atoms with E-state index in [0.29, 0.717) is 0 Å². The molecule has 0 aliphatic heterocycles. The second-order valence-electron chi connectivity index (χ2n) is 4.91. The summed E-state index contributed by atoms with van der Waals surface area (Å²) in [6, 6.07) is 10.5. The molecule has 0 bridgehead atoms. The Morgan fingerprint density at radius 2 is 2.00 bits per heavy atom. The zero-order chi connectivity index (χ0) is 13.5. The number of fused-ring (bicyclic) bond motifs is 1. The average molecular weight is 257 g/mol. The largest absolute Gasteiger partial charge is 0.330 e. The minimum Gasteiger partial charge on any atom is -0.330 e. The second kappa shape index (κ2) is 7.22. The molecular weight excluding hydrogens is 234 g/mol. The van der Waals surface area contributed by atoms with Crippen molar-refractivity contribution in [1.82, 2.24) is 9.88 Å². The normalized spacial score (nSPS) is 11.3. The number of benzene rings is 1. The van der Waals surface area contributed by atoms with Crippen molar-refractivity contribution in [2.45, 2.75) is 26.3 Å². The SMILES string of the molecule is CCCN(CCCN)Cc1ccnc2ccccc12. The summed E-state index contributed by atoms with van der Waals surface area (Å²) in [7, 11) is 0. The van der Waals surface area contributed by atoms with E-state index in [-0.39, 0.29) is 0 Å². The molecule has 3 nitrogen and oxygen atoms in total. The lowest BCUT2D eigenvalue weighted by atomic mass is 10.1. The van der Waals surface area contributed by atoms with Gasteiger partial charge in [-0.2, -0.15) is 0 Å². The van der Waals surface area contributed by atoms with Gasteiger partial charge in [0.05, 0.1) is 5.52 Å². The van der Waals surface area contributed by atoms with Crippen LogP contribution >= 0.6 is 0 Å². The van der Waals surface area contributed by atoms with Crippen LogP contribution in [0.25, 0.3) is 10.9 Å². The number of rotatable bonds is 7. The quantitative estimate of drug-likeness (QED) is 0.829. The van der Waals surface area contributed by atoms with Gasteiger partial charge in [0.2, 0.25) is 0 Å². The number of nitrogens with two attached hydrogens (primary N) is 1. The minimum absolute atomic E-state index is 0.761. The Bertz CT molecular complexity index is 505. The molecule has 2 rings (SSSR count). The predicted molar refractivity (Wildman–Crippen MR) is 81.0 cm³/mol. The van der Waals surface area contributed by atoms with Gasteiger partial charge in [0, 0.05) is 18.1 Å². The molecule has 0 saturated carbocycles. The van der Waals surface area contributed by atoms with Gasteiger partial charge in [-0.15, -0.1) is 0 Å². The molecule has 0 saturated heterocycles. The Hall–Kier alpha value is -1.45. The van der Waals surface area contributed by atoms with E-state index in [1.54, 1.807) is 0 Å². The first-order valence-electron chi connectivity index (χ1n) is 7.10. The molecule has 102 valence electrons. The highest BCUT2D eigenvalue weighted by Crippen LogP contribution is 2.18. The third-order valence-corrected chi connectivity index (χ3v) is 3.35. The van der Waals surface area contributed by atoms with Gasteiger partial charge in [0.25, 0.3) is 0 Å². The summed E-state index contributed by atoms with van der Waals surface area (Å²) >= 11 is 0. The summed E-state index contributed by atoms with van der Waals surface area (Å²) in [6.07, 6.45) is 4.14. The van der Waals surface area contributed by atoms with Crippen LogP contribution < -0.4 is 5.73 Å². The van der Waals surface area contributed by atoms with Crippen molar-refractivity contribution in [3.8, 4) is 0 Å². The van der Waals surface area contributed by atoms with Crippen LogP contribution in [-0.2, 0) is 6.54 Å². The summed E-state index contributed by atoms with van der Waals surface area (Å²) in [5.74, 6) is 0. The van der Waals surface area contributed by atoms with Crippen molar-refractivity contribution in [2.75, 3.05) is 19.6 Å². The molecule has 3 heteroatoms. The molecule has 0 unspecified atom stereocenters. The van der Waals surface area contributed by atoms with Gasteiger partial charge in [0.1, 0.15) is 0 Å². The predicted octanol–water partition coefficient (Wildman–Crippen LogP) is 2.80. The zero-order valence-corrected chi connectivity index (χ0v) is 11.7. The molecule has 0 aliphatic rings. The van der Waals surface area contributed by atoms with E-state index in [2.05, 4.69) is 41.1 Å². The number of hydrogen-bond donors (Lipinski definition) is 1. The van der Waals surface area contributed by atoms with Gasteiger partial charge < -0.3 is 5.73 Å². The van der Waals surface area contributed by atoms with Crippen LogP contribution in [-0.4, -0.2) is 29.5 Å². The fourth-order valence-corrected chi connectivity index (χ4v) is 2.43. The Morgan fingerprint density at radius 1 is 1.16 bits per heavy atom. The summed E-state index contributed by atoms with van der Waals surface area (Å²) in [5.41, 5.74) is 8.06. The lowest BCUT2D eigenvalue weighted by molar-refractivity contribution is 0.265. The number of aromatic nitrogens is 1. The highest BCUT2D eigenvalue weighted by molar-refractivity contribution is 5.81. The van der Waals surface area contributed by atoms with E-state index in [1.165, 1.54) is 17.4 Å². The van der Waals surface area contributed by atoms with Gasteiger partial charge in [-0.25, -0.2) is 0 Å². The third kappa shape index (κ3) is 3.75. The smallest absolute Gasteiger partial charge is 0.0705 e. The summed E-state index contributed by atoms with van der Waals surface area (Å²) in [4.78, 5) is 6.90. The van der Waals surface area contributed by atoms with Crippen LogP contribution in [0, 0.1) is 0 Å². The number of hydrogen-bond acceptors (Lipinski definition) is 3. The van der Waals surface area contributed by atoms with Gasteiger partial charge >= 0.3 is 0 Å². The Morgan fingerprint density at radius 3 is 2.79 bits per heavy atom. The molecule has 1 aromatic heterocycles. The summed E-state index contributed by atoms with van der Waals surface area (Å²) in [5, 5.41) is 1.26. The zero-order valence-electron chi connectivity index (χ0n) is 11.7. The van der Waals surface area contributed by atoms with Crippen LogP contribution in [0.15, 0.2) is 36.5 Å². The van der Waals surface area contributed by atoms with Crippen LogP contribution in [0.1, 0.15) is 25.3 Å². The fraction of sp³-hybridized carbons (Fsp3) is 0.438. The fourth-order valence-electron chi connectivity index (χ4n) is 2.43. The monoisotopic (exact) mass is 257 g/mol. The molecule has 0 spiro atoms. The van der Waals surface area contributed by atoms with Crippen molar-refractivity contribution in [1.29, 1.82) is 0 Å². The molecule has 0 fully saturated rings. The van der Waals surface area contributed by atoms with Crippen LogP contribution in [0.3, 0.4) is 0 Å². The first kappa shape index (κ1) is 14.0. The third-order valence-electron chi connectivity index (χ3n) is 3.35. The lowest BCUT2D eigenvalue weighted by Gasteiger charge is -2.22. The maximum atomic E-state index is 5.62. The topological polar surface area (TPSA) is 42.1 Å². The maximum Gasteiger partial charge on any atom is 0.0705 e. The second-order valence-corrected chi connectivity index (χ2v) is 4.91. The molecule has 2 aromatic rings. The lowest BCUT2D eigenvalue weighted by Crippen LogP contribution is -2.26. The molecular formula is C16H23N3. The molecule has 1 aromatic carbocycles. The van der Waals surface area contributed by atoms with E-state index >= 15 is 0 Å². The van der Waals surface area contributed by atoms with Crippen molar-refractivity contribution in [2.24, 2.45) is 5.73 Å². The summed E-state index contributed by atoms with van der Waals surface area (Å²) < 4.78 is 0. The molecule has 0 atom stereocenters. The Kier molecular flexibility index (Phi) is 5.31. The minimum atomic E-state index is 0.761. The first-order chi connectivity index (χ1) is 9.35. The standard InChI is InChI=1S/C16H23N3/c1-2-11-19(12-5-9-17)13-14-8-10-18-16-7-4-3-6-15(14)16/h3-4,6-8,10H,2,5,9,11-13,17H2,1H3. The van der Waals surface area contributed by atoms with Gasteiger partial charge in [-0.3, -0.25) is 9.88 Å². The molecule has 1 heterocycles. The Balaban J connectivity index is 2.18. The van der Waals surface area contributed by atoms with Gasteiger partial charge in [-0.05, 0) is 50.2 Å². The molecule has 0 amide bonds. The average Bonchev–Trinajstić information content (AvgIpc) is 2.45. The number of pyridine rings is 1. The summed E-state index contributed by atoms with van der Waals surface area (Å²) in [6.45, 7) is 6.16. The van der Waals surface area contributed by atoms with E-state index in [1.807, 2.05) is 12.3 Å². The van der Waals surface area contributed by atoms with Crippen LogP contribution in [0.4, 0.5) is 0 Å². The van der Waals surface area contributed by atoms with E-state index in [0.717, 1.165) is 38.1 Å². The van der Waals surface area contributed by atoms with Crippen LogP contribution in [0.2, 0.25) is 0 Å². The molecule has 2 N–H and O–H groups in total. The Labute approximate surface area is 115 Å². The van der Waals surface area contributed by atoms with Crippen molar-refractivity contribution in [3.05, 3.63) is 42.1 Å². The number of para-hydroxylation sites is 1. The van der Waals surface area contributed by atoms with E-state index < -0.39 is 0 Å². The van der Waals surface area contributed by atoms with Gasteiger partial charge in [0.15, 0.2) is 0 Å². The van der Waals surface area contributed by atoms with Crippen molar-refractivity contribution >= 4 is 10.9 Å². The van der Waals surface area contributed by atoms with E-state index in [4.69, 9.17) is 5.73 Å². The first-order valence-corrected chi connectivity index (χ1v) is 7.10.